The highest BCUT2D eigenvalue weighted by atomic mass is 32.1. The van der Waals surface area contributed by atoms with Crippen molar-refractivity contribution in [3.05, 3.63) is 28.5 Å². The summed E-state index contributed by atoms with van der Waals surface area (Å²) >= 11 is 1.61. The predicted molar refractivity (Wildman–Crippen MR) is 67.2 cm³/mol. The van der Waals surface area contributed by atoms with Crippen LogP contribution in [0, 0.1) is 0 Å². The SMILES string of the molecule is CCn1ncnc1CC(N)c1cc(OC)cs1. The maximum Gasteiger partial charge on any atom is 0.138 e. The largest absolute Gasteiger partial charge is 0.496 e. The second-order valence-corrected chi connectivity index (χ2v) is 4.63. The summed E-state index contributed by atoms with van der Waals surface area (Å²) in [6.07, 6.45) is 2.26. The Balaban J connectivity index is 2.08. The molecule has 2 rings (SSSR count). The number of aryl methyl sites for hydroxylation is 1. The highest BCUT2D eigenvalue weighted by Crippen LogP contribution is 2.27. The number of hydrogen-bond acceptors (Lipinski definition) is 5. The Morgan fingerprint density at radius 2 is 2.41 bits per heavy atom. The standard InChI is InChI=1S/C11H16N4OS/c1-3-15-11(13-7-14-15)5-9(12)10-4-8(16-2)6-17-10/h4,6-7,9H,3,5,12H2,1-2H3. The molecule has 2 aromatic rings. The summed E-state index contributed by atoms with van der Waals surface area (Å²) in [7, 11) is 1.66. The van der Waals surface area contributed by atoms with Crippen molar-refractivity contribution in [1.29, 1.82) is 0 Å². The molecule has 0 fully saturated rings. The minimum atomic E-state index is -0.0570. The van der Waals surface area contributed by atoms with Crippen LogP contribution in [0.3, 0.4) is 0 Å². The van der Waals surface area contributed by atoms with Crippen molar-refractivity contribution in [2.75, 3.05) is 7.11 Å². The molecule has 0 aliphatic heterocycles. The van der Waals surface area contributed by atoms with E-state index in [2.05, 4.69) is 10.1 Å². The monoisotopic (exact) mass is 252 g/mol. The Bertz CT molecular complexity index is 479. The highest BCUT2D eigenvalue weighted by Gasteiger charge is 2.13. The number of aromatic nitrogens is 3. The average Bonchev–Trinajstić information content (AvgIpc) is 2.96. The molecule has 0 aliphatic carbocycles. The Labute approximate surface area is 104 Å². The van der Waals surface area contributed by atoms with Crippen molar-refractivity contribution in [2.45, 2.75) is 25.9 Å². The van der Waals surface area contributed by atoms with Crippen LogP contribution in [0.2, 0.25) is 0 Å². The third kappa shape index (κ3) is 2.65. The first-order valence-corrected chi connectivity index (χ1v) is 6.37. The number of thiophene rings is 1. The summed E-state index contributed by atoms with van der Waals surface area (Å²) in [5.74, 6) is 1.78. The Morgan fingerprint density at radius 1 is 1.59 bits per heavy atom. The van der Waals surface area contributed by atoms with Gasteiger partial charge in [-0.15, -0.1) is 11.3 Å². The van der Waals surface area contributed by atoms with E-state index in [4.69, 9.17) is 10.5 Å². The molecular weight excluding hydrogens is 236 g/mol. The summed E-state index contributed by atoms with van der Waals surface area (Å²) in [5.41, 5.74) is 6.15. The van der Waals surface area contributed by atoms with Crippen molar-refractivity contribution in [3.63, 3.8) is 0 Å². The molecule has 1 unspecified atom stereocenters. The topological polar surface area (TPSA) is 66.0 Å². The first-order chi connectivity index (χ1) is 8.24. The first-order valence-electron chi connectivity index (χ1n) is 5.49. The summed E-state index contributed by atoms with van der Waals surface area (Å²) in [6, 6.07) is 1.92. The van der Waals surface area contributed by atoms with Gasteiger partial charge in [0.15, 0.2) is 0 Å². The van der Waals surface area contributed by atoms with Crippen LogP contribution in [0.25, 0.3) is 0 Å². The van der Waals surface area contributed by atoms with Crippen LogP contribution in [-0.2, 0) is 13.0 Å². The fraction of sp³-hybridized carbons (Fsp3) is 0.455. The minimum absolute atomic E-state index is 0.0570. The molecule has 2 heterocycles. The van der Waals surface area contributed by atoms with E-state index in [1.165, 1.54) is 0 Å². The Hall–Kier alpha value is -1.40. The molecule has 0 saturated heterocycles. The lowest BCUT2D eigenvalue weighted by molar-refractivity contribution is 0.416. The van der Waals surface area contributed by atoms with E-state index in [9.17, 15) is 0 Å². The number of methoxy groups -OCH3 is 1. The van der Waals surface area contributed by atoms with Crippen LogP contribution < -0.4 is 10.5 Å². The van der Waals surface area contributed by atoms with Gasteiger partial charge < -0.3 is 10.5 Å². The number of ether oxygens (including phenoxy) is 1. The van der Waals surface area contributed by atoms with Gasteiger partial charge in [0.05, 0.1) is 7.11 Å². The molecule has 5 nitrogen and oxygen atoms in total. The van der Waals surface area contributed by atoms with Gasteiger partial charge in [0.2, 0.25) is 0 Å². The molecule has 0 aliphatic rings. The van der Waals surface area contributed by atoms with E-state index in [0.29, 0.717) is 6.42 Å². The third-order valence-corrected chi connectivity index (χ3v) is 3.64. The van der Waals surface area contributed by atoms with Crippen molar-refractivity contribution < 1.29 is 4.74 Å². The van der Waals surface area contributed by atoms with Crippen LogP contribution in [0.1, 0.15) is 23.7 Å². The number of nitrogens with two attached hydrogens (primary N) is 1. The third-order valence-electron chi connectivity index (χ3n) is 2.59. The summed E-state index contributed by atoms with van der Waals surface area (Å²) in [6.45, 7) is 2.85. The second kappa shape index (κ2) is 5.29. The molecule has 0 amide bonds. The van der Waals surface area contributed by atoms with Crippen LogP contribution in [0.4, 0.5) is 0 Å². The lowest BCUT2D eigenvalue weighted by Crippen LogP contribution is -2.15. The average molecular weight is 252 g/mol. The first kappa shape index (κ1) is 12.1. The van der Waals surface area contributed by atoms with Gasteiger partial charge in [0.1, 0.15) is 17.9 Å². The van der Waals surface area contributed by atoms with Gasteiger partial charge in [-0.3, -0.25) is 4.68 Å². The summed E-state index contributed by atoms with van der Waals surface area (Å²) < 4.78 is 7.01. The molecule has 0 radical (unpaired) electrons. The van der Waals surface area contributed by atoms with Gasteiger partial charge in [0.25, 0.3) is 0 Å². The fourth-order valence-corrected chi connectivity index (χ4v) is 2.50. The lowest BCUT2D eigenvalue weighted by Gasteiger charge is -2.09. The molecule has 0 aromatic carbocycles. The van der Waals surface area contributed by atoms with Crippen LogP contribution in [0.5, 0.6) is 5.75 Å². The molecule has 2 aromatic heterocycles. The van der Waals surface area contributed by atoms with Crippen LogP contribution in [0.15, 0.2) is 17.8 Å². The summed E-state index contributed by atoms with van der Waals surface area (Å²) in [4.78, 5) is 5.33. The predicted octanol–water partition coefficient (Wildman–Crippen LogP) is 1.61. The van der Waals surface area contributed by atoms with Crippen molar-refractivity contribution in [3.8, 4) is 5.75 Å². The molecule has 1 atom stereocenters. The minimum Gasteiger partial charge on any atom is -0.496 e. The van der Waals surface area contributed by atoms with E-state index in [-0.39, 0.29) is 6.04 Å². The second-order valence-electron chi connectivity index (χ2n) is 3.69. The Morgan fingerprint density at radius 3 is 3.06 bits per heavy atom. The Kier molecular flexibility index (Phi) is 3.75. The van der Waals surface area contributed by atoms with Crippen LogP contribution in [-0.4, -0.2) is 21.9 Å². The van der Waals surface area contributed by atoms with E-state index in [0.717, 1.165) is 23.0 Å². The fourth-order valence-electron chi connectivity index (χ4n) is 1.64. The maximum absolute atomic E-state index is 6.15. The highest BCUT2D eigenvalue weighted by molar-refractivity contribution is 7.10. The molecule has 92 valence electrons. The lowest BCUT2D eigenvalue weighted by atomic mass is 10.2. The van der Waals surface area contributed by atoms with E-state index in [1.54, 1.807) is 24.8 Å². The number of rotatable bonds is 5. The molecule has 0 saturated carbocycles. The van der Waals surface area contributed by atoms with Gasteiger partial charge in [-0.1, -0.05) is 0 Å². The van der Waals surface area contributed by atoms with Gasteiger partial charge in [-0.05, 0) is 13.0 Å². The number of hydrogen-bond donors (Lipinski definition) is 1. The van der Waals surface area contributed by atoms with Crippen LogP contribution >= 0.6 is 11.3 Å². The van der Waals surface area contributed by atoms with Gasteiger partial charge in [0, 0.05) is 29.3 Å². The molecule has 17 heavy (non-hydrogen) atoms. The number of nitrogens with zero attached hydrogens (tertiary/aromatic N) is 3. The zero-order valence-corrected chi connectivity index (χ0v) is 10.8. The van der Waals surface area contributed by atoms with Crippen molar-refractivity contribution >= 4 is 11.3 Å². The van der Waals surface area contributed by atoms with Gasteiger partial charge in [-0.25, -0.2) is 4.98 Å². The van der Waals surface area contributed by atoms with E-state index >= 15 is 0 Å². The smallest absolute Gasteiger partial charge is 0.138 e. The quantitative estimate of drug-likeness (QED) is 0.878. The van der Waals surface area contributed by atoms with Gasteiger partial charge in [-0.2, -0.15) is 5.10 Å². The molecule has 0 bridgehead atoms. The molecule has 0 spiro atoms. The zero-order chi connectivity index (χ0) is 12.3. The van der Waals surface area contributed by atoms with Crippen molar-refractivity contribution in [1.82, 2.24) is 14.8 Å². The van der Waals surface area contributed by atoms with Gasteiger partial charge >= 0.3 is 0 Å². The molecule has 6 heteroatoms. The zero-order valence-electron chi connectivity index (χ0n) is 9.96. The normalized spacial score (nSPS) is 12.6. The van der Waals surface area contributed by atoms with E-state index in [1.807, 2.05) is 23.1 Å². The maximum atomic E-state index is 6.15. The molecular formula is C11H16N4OS. The van der Waals surface area contributed by atoms with Crippen molar-refractivity contribution in [2.24, 2.45) is 5.73 Å². The molecule has 2 N–H and O–H groups in total. The summed E-state index contributed by atoms with van der Waals surface area (Å²) in [5, 5.41) is 6.09. The van der Waals surface area contributed by atoms with E-state index < -0.39 is 0 Å².